The Kier molecular flexibility index (Phi) is 6.89. The van der Waals surface area contributed by atoms with E-state index in [1.807, 2.05) is 18.2 Å². The molecular weight excluding hydrogens is 350 g/mol. The Morgan fingerprint density at radius 1 is 1.15 bits per heavy atom. The number of ether oxygens (including phenoxy) is 3. The second-order valence-electron chi connectivity index (χ2n) is 6.67. The lowest BCUT2D eigenvalue weighted by Gasteiger charge is -2.29. The van der Waals surface area contributed by atoms with E-state index in [-0.39, 0.29) is 25.0 Å². The second kappa shape index (κ2) is 9.57. The first-order valence-corrected chi connectivity index (χ1v) is 9.32. The summed E-state index contributed by atoms with van der Waals surface area (Å²) in [7, 11) is 0. The molecule has 8 nitrogen and oxygen atoms in total. The van der Waals surface area contributed by atoms with Gasteiger partial charge in [-0.15, -0.1) is 0 Å². The van der Waals surface area contributed by atoms with E-state index in [0.29, 0.717) is 25.4 Å². The number of nitrogens with one attached hydrogen (secondary N) is 1. The molecule has 2 amide bonds. The zero-order valence-electron chi connectivity index (χ0n) is 15.7. The number of benzene rings is 1. The standard InChI is InChI=1S/C19H27N3O5/c1-15(23)22(7-6-21-8-10-25-11-9-21)5-4-19(24)20-13-16-2-3-17-18(12-16)27-14-26-17/h2-3,12H,4-11,13-14H2,1H3,(H,20,24). The molecule has 1 fully saturated rings. The van der Waals surface area contributed by atoms with Crippen molar-refractivity contribution in [3.8, 4) is 11.5 Å². The molecule has 1 N–H and O–H groups in total. The van der Waals surface area contributed by atoms with E-state index < -0.39 is 0 Å². The van der Waals surface area contributed by atoms with E-state index in [0.717, 1.165) is 44.2 Å². The van der Waals surface area contributed by atoms with Gasteiger partial charge >= 0.3 is 0 Å². The molecule has 0 aliphatic carbocycles. The molecule has 3 rings (SSSR count). The third-order valence-electron chi connectivity index (χ3n) is 4.77. The van der Waals surface area contributed by atoms with Gasteiger partial charge in [0.15, 0.2) is 11.5 Å². The molecule has 148 valence electrons. The highest BCUT2D eigenvalue weighted by Crippen LogP contribution is 2.32. The van der Waals surface area contributed by atoms with Gasteiger partial charge < -0.3 is 24.4 Å². The van der Waals surface area contributed by atoms with Crippen molar-refractivity contribution < 1.29 is 23.8 Å². The maximum Gasteiger partial charge on any atom is 0.231 e. The number of morpholine rings is 1. The summed E-state index contributed by atoms with van der Waals surface area (Å²) in [4.78, 5) is 28.0. The van der Waals surface area contributed by atoms with Gasteiger partial charge in [-0.1, -0.05) is 6.07 Å². The van der Waals surface area contributed by atoms with Crippen LogP contribution in [0.25, 0.3) is 0 Å². The first-order chi connectivity index (χ1) is 13.1. The number of fused-ring (bicyclic) bond motifs is 1. The summed E-state index contributed by atoms with van der Waals surface area (Å²) < 4.78 is 15.9. The highest BCUT2D eigenvalue weighted by Gasteiger charge is 2.16. The minimum Gasteiger partial charge on any atom is -0.454 e. The van der Waals surface area contributed by atoms with Crippen molar-refractivity contribution in [2.45, 2.75) is 19.9 Å². The average Bonchev–Trinajstić information content (AvgIpc) is 3.14. The van der Waals surface area contributed by atoms with Crippen LogP contribution in [0.1, 0.15) is 18.9 Å². The Hall–Kier alpha value is -2.32. The van der Waals surface area contributed by atoms with E-state index in [1.165, 1.54) is 0 Å². The summed E-state index contributed by atoms with van der Waals surface area (Å²) in [6.07, 6.45) is 0.285. The zero-order chi connectivity index (χ0) is 19.1. The lowest BCUT2D eigenvalue weighted by molar-refractivity contribution is -0.130. The number of amides is 2. The summed E-state index contributed by atoms with van der Waals surface area (Å²) >= 11 is 0. The molecule has 0 bridgehead atoms. The van der Waals surface area contributed by atoms with Gasteiger partial charge in [0, 0.05) is 52.6 Å². The second-order valence-corrected chi connectivity index (χ2v) is 6.67. The van der Waals surface area contributed by atoms with Crippen LogP contribution in [0.2, 0.25) is 0 Å². The van der Waals surface area contributed by atoms with Crippen LogP contribution in [-0.2, 0) is 20.9 Å². The third kappa shape index (κ3) is 5.83. The van der Waals surface area contributed by atoms with Crippen molar-refractivity contribution in [3.63, 3.8) is 0 Å². The van der Waals surface area contributed by atoms with Crippen molar-refractivity contribution >= 4 is 11.8 Å². The van der Waals surface area contributed by atoms with Crippen molar-refractivity contribution in [1.29, 1.82) is 0 Å². The molecule has 1 aromatic carbocycles. The van der Waals surface area contributed by atoms with Crippen LogP contribution < -0.4 is 14.8 Å². The van der Waals surface area contributed by atoms with Crippen LogP contribution >= 0.6 is 0 Å². The van der Waals surface area contributed by atoms with Gasteiger partial charge in [-0.25, -0.2) is 0 Å². The molecule has 2 aliphatic rings. The minimum absolute atomic E-state index is 0.00756. The molecular formula is C19H27N3O5. The van der Waals surface area contributed by atoms with Crippen LogP contribution in [0.4, 0.5) is 0 Å². The fourth-order valence-electron chi connectivity index (χ4n) is 3.09. The summed E-state index contributed by atoms with van der Waals surface area (Å²) in [5.74, 6) is 1.34. The van der Waals surface area contributed by atoms with E-state index in [1.54, 1.807) is 11.8 Å². The zero-order valence-corrected chi connectivity index (χ0v) is 15.7. The number of carbonyl (C=O) groups excluding carboxylic acids is 2. The molecule has 1 saturated heterocycles. The SMILES string of the molecule is CC(=O)N(CCC(=O)NCc1ccc2c(c1)OCO2)CCN1CCOCC1. The van der Waals surface area contributed by atoms with E-state index in [2.05, 4.69) is 10.2 Å². The van der Waals surface area contributed by atoms with Crippen LogP contribution in [0.5, 0.6) is 11.5 Å². The monoisotopic (exact) mass is 377 g/mol. The first kappa shape index (κ1) is 19.4. The van der Waals surface area contributed by atoms with Gasteiger partial charge in [-0.05, 0) is 17.7 Å². The highest BCUT2D eigenvalue weighted by atomic mass is 16.7. The number of rotatable bonds is 8. The lowest BCUT2D eigenvalue weighted by atomic mass is 10.2. The summed E-state index contributed by atoms with van der Waals surface area (Å²) in [6, 6.07) is 5.61. The van der Waals surface area contributed by atoms with Crippen LogP contribution in [-0.4, -0.2) is 74.3 Å². The Bertz CT molecular complexity index is 661. The van der Waals surface area contributed by atoms with E-state index in [9.17, 15) is 9.59 Å². The summed E-state index contributed by atoms with van der Waals surface area (Å²) in [5, 5.41) is 2.89. The van der Waals surface area contributed by atoms with Gasteiger partial charge in [0.1, 0.15) is 0 Å². The Balaban J connectivity index is 1.38. The summed E-state index contributed by atoms with van der Waals surface area (Å²) in [5.41, 5.74) is 0.948. The van der Waals surface area contributed by atoms with Crippen molar-refractivity contribution in [2.24, 2.45) is 0 Å². The molecule has 0 aromatic heterocycles. The smallest absolute Gasteiger partial charge is 0.231 e. The Morgan fingerprint density at radius 3 is 2.70 bits per heavy atom. The van der Waals surface area contributed by atoms with E-state index in [4.69, 9.17) is 14.2 Å². The Morgan fingerprint density at radius 2 is 1.93 bits per heavy atom. The number of hydrogen-bond acceptors (Lipinski definition) is 6. The van der Waals surface area contributed by atoms with Gasteiger partial charge in [0.2, 0.25) is 18.6 Å². The Labute approximate surface area is 159 Å². The fourth-order valence-corrected chi connectivity index (χ4v) is 3.09. The minimum atomic E-state index is -0.0784. The number of carbonyl (C=O) groups is 2. The quantitative estimate of drug-likeness (QED) is 0.715. The largest absolute Gasteiger partial charge is 0.454 e. The molecule has 8 heteroatoms. The number of hydrogen-bond donors (Lipinski definition) is 1. The molecule has 2 heterocycles. The third-order valence-corrected chi connectivity index (χ3v) is 4.77. The topological polar surface area (TPSA) is 80.3 Å². The van der Waals surface area contributed by atoms with Crippen LogP contribution in [0, 0.1) is 0 Å². The van der Waals surface area contributed by atoms with Crippen LogP contribution in [0.15, 0.2) is 18.2 Å². The molecule has 2 aliphatic heterocycles. The predicted molar refractivity (Wildman–Crippen MR) is 98.5 cm³/mol. The fraction of sp³-hybridized carbons (Fsp3) is 0.579. The van der Waals surface area contributed by atoms with Gasteiger partial charge in [0.25, 0.3) is 0 Å². The average molecular weight is 377 g/mol. The molecule has 0 atom stereocenters. The highest BCUT2D eigenvalue weighted by molar-refractivity contribution is 5.78. The molecule has 0 radical (unpaired) electrons. The van der Waals surface area contributed by atoms with Crippen molar-refractivity contribution in [3.05, 3.63) is 23.8 Å². The normalized spacial score (nSPS) is 16.2. The van der Waals surface area contributed by atoms with E-state index >= 15 is 0 Å². The molecule has 27 heavy (non-hydrogen) atoms. The number of nitrogens with zero attached hydrogens (tertiary/aromatic N) is 2. The maximum atomic E-state index is 12.2. The van der Waals surface area contributed by atoms with Crippen LogP contribution in [0.3, 0.4) is 0 Å². The van der Waals surface area contributed by atoms with Gasteiger partial charge in [0.05, 0.1) is 13.2 Å². The molecule has 1 aromatic rings. The lowest BCUT2D eigenvalue weighted by Crippen LogP contribution is -2.43. The summed E-state index contributed by atoms with van der Waals surface area (Å²) in [6.45, 7) is 7.32. The predicted octanol–water partition coefficient (Wildman–Crippen LogP) is 0.602. The van der Waals surface area contributed by atoms with Crippen molar-refractivity contribution in [2.75, 3.05) is 52.7 Å². The van der Waals surface area contributed by atoms with Gasteiger partial charge in [-0.3, -0.25) is 14.5 Å². The first-order valence-electron chi connectivity index (χ1n) is 9.32. The van der Waals surface area contributed by atoms with Gasteiger partial charge in [-0.2, -0.15) is 0 Å². The molecule has 0 spiro atoms. The molecule has 0 unspecified atom stereocenters. The maximum absolute atomic E-state index is 12.2. The molecule has 0 saturated carbocycles. The van der Waals surface area contributed by atoms with Crippen molar-refractivity contribution in [1.82, 2.24) is 15.1 Å².